The zero-order valence-corrected chi connectivity index (χ0v) is 13.4. The third-order valence-corrected chi connectivity index (χ3v) is 3.84. The van der Waals surface area contributed by atoms with Gasteiger partial charge in [0.05, 0.1) is 18.1 Å². The van der Waals surface area contributed by atoms with Crippen LogP contribution in [0.4, 0.5) is 0 Å². The highest BCUT2D eigenvalue weighted by Gasteiger charge is 2.15. The number of hydrogen-bond donors (Lipinski definition) is 0. The molecule has 0 saturated heterocycles. The maximum absolute atomic E-state index is 12.2. The summed E-state index contributed by atoms with van der Waals surface area (Å²) in [5.74, 6) is 0.125. The summed E-state index contributed by atoms with van der Waals surface area (Å²) in [6.45, 7) is 3.76. The lowest BCUT2D eigenvalue weighted by atomic mass is 10.1. The molecule has 0 aliphatic rings. The molecule has 24 heavy (non-hydrogen) atoms. The van der Waals surface area contributed by atoms with Crippen LogP contribution in [0.2, 0.25) is 0 Å². The van der Waals surface area contributed by atoms with Crippen LogP contribution in [-0.4, -0.2) is 25.6 Å². The van der Waals surface area contributed by atoms with E-state index in [0.29, 0.717) is 16.9 Å². The number of carbonyl (C=O) groups excluding carboxylic acids is 1. The second-order valence-electron chi connectivity index (χ2n) is 5.34. The molecule has 120 valence electrons. The molecule has 2 aromatic heterocycles. The summed E-state index contributed by atoms with van der Waals surface area (Å²) >= 11 is 0. The summed E-state index contributed by atoms with van der Waals surface area (Å²) in [6, 6.07) is 9.13. The van der Waals surface area contributed by atoms with Crippen molar-refractivity contribution in [3.63, 3.8) is 0 Å². The lowest BCUT2D eigenvalue weighted by Gasteiger charge is -2.10. The number of carbonyl (C=O) groups is 1. The number of aromatic nitrogens is 4. The largest absolute Gasteiger partial charge is 0.461 e. The van der Waals surface area contributed by atoms with Gasteiger partial charge in [0, 0.05) is 22.5 Å². The zero-order valence-electron chi connectivity index (χ0n) is 13.4. The number of benzene rings is 1. The van der Waals surface area contributed by atoms with Crippen molar-refractivity contribution in [1.82, 2.24) is 19.6 Å². The quantitative estimate of drug-likeness (QED) is 0.681. The van der Waals surface area contributed by atoms with Gasteiger partial charge < -0.3 is 4.74 Å². The minimum Gasteiger partial charge on any atom is -0.461 e. The minimum absolute atomic E-state index is 0.0691. The number of esters is 1. The monoisotopic (exact) mass is 321 g/mol. The van der Waals surface area contributed by atoms with Gasteiger partial charge in [-0.25, -0.2) is 9.50 Å². The molecule has 0 atom stereocenters. The lowest BCUT2D eigenvalue weighted by molar-refractivity contribution is -0.144. The van der Waals surface area contributed by atoms with Crippen LogP contribution < -0.4 is 0 Å². The van der Waals surface area contributed by atoms with E-state index in [-0.39, 0.29) is 19.0 Å². The average Bonchev–Trinajstić information content (AvgIpc) is 3.05. The summed E-state index contributed by atoms with van der Waals surface area (Å²) in [4.78, 5) is 20.6. The molecular formula is C17H15N5O2. The molecule has 0 fully saturated rings. The maximum Gasteiger partial charge on any atom is 0.310 e. The van der Waals surface area contributed by atoms with Crippen LogP contribution in [0, 0.1) is 25.2 Å². The molecule has 0 aliphatic carbocycles. The first kappa shape index (κ1) is 15.6. The van der Waals surface area contributed by atoms with Gasteiger partial charge in [0.2, 0.25) is 0 Å². The molecule has 0 N–H and O–H groups in total. The Morgan fingerprint density at radius 1 is 1.33 bits per heavy atom. The highest BCUT2D eigenvalue weighted by atomic mass is 16.5. The van der Waals surface area contributed by atoms with Gasteiger partial charge in [-0.15, -0.1) is 0 Å². The maximum atomic E-state index is 12.2. The fraction of sp³-hybridized carbons (Fsp3) is 0.235. The van der Waals surface area contributed by atoms with Crippen molar-refractivity contribution in [2.75, 3.05) is 0 Å². The summed E-state index contributed by atoms with van der Waals surface area (Å²) in [5.41, 5.74) is 3.49. The fourth-order valence-electron chi connectivity index (χ4n) is 2.52. The molecule has 0 bridgehead atoms. The van der Waals surface area contributed by atoms with Gasteiger partial charge in [0.15, 0.2) is 0 Å². The van der Waals surface area contributed by atoms with E-state index in [9.17, 15) is 4.79 Å². The Hall–Kier alpha value is -3.27. The second-order valence-corrected chi connectivity index (χ2v) is 5.34. The van der Waals surface area contributed by atoms with Crippen LogP contribution in [0.5, 0.6) is 0 Å². The molecule has 0 amide bonds. The van der Waals surface area contributed by atoms with Crippen molar-refractivity contribution in [2.45, 2.75) is 26.9 Å². The van der Waals surface area contributed by atoms with Crippen molar-refractivity contribution in [3.8, 4) is 6.07 Å². The van der Waals surface area contributed by atoms with Crippen molar-refractivity contribution in [2.24, 2.45) is 0 Å². The third kappa shape index (κ3) is 2.94. The molecule has 0 aliphatic heterocycles. The standard InChI is InChI=1S/C17H15N5O2/c1-11-15(12(2)22-17(21-11)19-10-20-22)7-16(23)24-9-14-6-4-3-5-13(14)8-18/h3-6,10H,7,9H2,1-2H3. The second kappa shape index (κ2) is 6.46. The van der Waals surface area contributed by atoms with Gasteiger partial charge in [-0.3, -0.25) is 4.79 Å². The van der Waals surface area contributed by atoms with Crippen LogP contribution in [0.15, 0.2) is 30.6 Å². The Bertz CT molecular complexity index is 955. The van der Waals surface area contributed by atoms with Gasteiger partial charge in [-0.1, -0.05) is 18.2 Å². The van der Waals surface area contributed by atoms with E-state index < -0.39 is 0 Å². The van der Waals surface area contributed by atoms with E-state index in [0.717, 1.165) is 17.0 Å². The molecule has 0 unspecified atom stereocenters. The van der Waals surface area contributed by atoms with Gasteiger partial charge >= 0.3 is 5.97 Å². The Kier molecular flexibility index (Phi) is 4.20. The van der Waals surface area contributed by atoms with Gasteiger partial charge in [-0.05, 0) is 19.9 Å². The third-order valence-electron chi connectivity index (χ3n) is 3.84. The zero-order chi connectivity index (χ0) is 17.1. The lowest BCUT2D eigenvalue weighted by Crippen LogP contribution is -2.13. The number of fused-ring (bicyclic) bond motifs is 1. The molecule has 0 saturated carbocycles. The van der Waals surface area contributed by atoms with Gasteiger partial charge in [0.1, 0.15) is 12.9 Å². The average molecular weight is 321 g/mol. The molecule has 1 aromatic carbocycles. The highest BCUT2D eigenvalue weighted by Crippen LogP contribution is 2.15. The SMILES string of the molecule is Cc1nc2ncnn2c(C)c1CC(=O)OCc1ccccc1C#N. The topological polar surface area (TPSA) is 93.2 Å². The van der Waals surface area contributed by atoms with E-state index in [1.165, 1.54) is 6.33 Å². The van der Waals surface area contributed by atoms with Gasteiger partial charge in [-0.2, -0.15) is 15.3 Å². The molecule has 0 spiro atoms. The summed E-state index contributed by atoms with van der Waals surface area (Å²) in [6.07, 6.45) is 1.52. The predicted molar refractivity (Wildman–Crippen MR) is 84.9 cm³/mol. The summed E-state index contributed by atoms with van der Waals surface area (Å²) in [5, 5.41) is 13.2. The van der Waals surface area contributed by atoms with Crippen molar-refractivity contribution >= 4 is 11.7 Å². The van der Waals surface area contributed by atoms with Crippen molar-refractivity contribution in [3.05, 3.63) is 58.7 Å². The van der Waals surface area contributed by atoms with E-state index in [1.54, 1.807) is 28.8 Å². The minimum atomic E-state index is -0.379. The Labute approximate surface area is 138 Å². The molecule has 0 radical (unpaired) electrons. The van der Waals surface area contributed by atoms with Crippen LogP contribution in [-0.2, 0) is 22.6 Å². The first-order chi connectivity index (χ1) is 11.6. The van der Waals surface area contributed by atoms with Gasteiger partial charge in [0.25, 0.3) is 5.78 Å². The fourth-order valence-corrected chi connectivity index (χ4v) is 2.52. The Morgan fingerprint density at radius 3 is 2.92 bits per heavy atom. The van der Waals surface area contributed by atoms with Crippen LogP contribution in [0.1, 0.15) is 28.1 Å². The Balaban J connectivity index is 1.75. The molecule has 3 aromatic rings. The number of ether oxygens (including phenoxy) is 1. The molecule has 7 heteroatoms. The van der Waals surface area contributed by atoms with Crippen LogP contribution in [0.3, 0.4) is 0 Å². The smallest absolute Gasteiger partial charge is 0.310 e. The highest BCUT2D eigenvalue weighted by molar-refractivity contribution is 5.73. The normalized spacial score (nSPS) is 10.5. The first-order valence-electron chi connectivity index (χ1n) is 7.39. The number of rotatable bonds is 4. The van der Waals surface area contributed by atoms with E-state index in [1.807, 2.05) is 13.8 Å². The molecule has 7 nitrogen and oxygen atoms in total. The Morgan fingerprint density at radius 2 is 2.12 bits per heavy atom. The van der Waals surface area contributed by atoms with E-state index >= 15 is 0 Å². The molecule has 3 rings (SSSR count). The van der Waals surface area contributed by atoms with Crippen LogP contribution >= 0.6 is 0 Å². The molecule has 2 heterocycles. The number of nitrogens with zero attached hydrogens (tertiary/aromatic N) is 5. The number of hydrogen-bond acceptors (Lipinski definition) is 6. The first-order valence-corrected chi connectivity index (χ1v) is 7.39. The molecular weight excluding hydrogens is 306 g/mol. The predicted octanol–water partition coefficient (Wildman–Crippen LogP) is 1.90. The summed E-state index contributed by atoms with van der Waals surface area (Å²) < 4.78 is 6.91. The van der Waals surface area contributed by atoms with Crippen molar-refractivity contribution in [1.29, 1.82) is 5.26 Å². The van der Waals surface area contributed by atoms with Crippen LogP contribution in [0.25, 0.3) is 5.78 Å². The van der Waals surface area contributed by atoms with E-state index in [4.69, 9.17) is 10.00 Å². The van der Waals surface area contributed by atoms with E-state index in [2.05, 4.69) is 21.1 Å². The summed E-state index contributed by atoms with van der Waals surface area (Å²) in [7, 11) is 0. The van der Waals surface area contributed by atoms with Crippen molar-refractivity contribution < 1.29 is 9.53 Å². The number of nitriles is 1. The number of aryl methyl sites for hydroxylation is 2.